The predicted molar refractivity (Wildman–Crippen MR) is 91.1 cm³/mol. The maximum absolute atomic E-state index is 12.8. The molecule has 1 aliphatic rings. The number of hydrogen-bond acceptors (Lipinski definition) is 4. The second kappa shape index (κ2) is 7.04. The molecule has 0 saturated carbocycles. The molecule has 2 aromatic rings. The highest BCUT2D eigenvalue weighted by molar-refractivity contribution is 7.89. The minimum atomic E-state index is -3.53. The molecule has 6 nitrogen and oxygen atoms in total. The molecule has 24 heavy (non-hydrogen) atoms. The van der Waals surface area contributed by atoms with Gasteiger partial charge < -0.3 is 4.74 Å². The molecule has 2 atom stereocenters. The Kier molecular flexibility index (Phi) is 5.03. The number of sulfonamides is 1. The van der Waals surface area contributed by atoms with Crippen molar-refractivity contribution < 1.29 is 13.2 Å². The fourth-order valence-corrected chi connectivity index (χ4v) is 4.68. The Hall–Kier alpha value is -1.70. The standard InChI is InChI=1S/C17H23N3O3S/c1-3-13-6-4-5-7-17(13)24(21,22)19-15-8-9-23-16(10-15)14-11-18-20(2)12-14/h4-7,11-12,15-16,19H,3,8-10H2,1-2H3/t15-,16-/m0/s1. The fourth-order valence-electron chi connectivity index (χ4n) is 3.08. The fraction of sp³-hybridized carbons (Fsp3) is 0.471. The van der Waals surface area contributed by atoms with Crippen molar-refractivity contribution in [1.29, 1.82) is 0 Å². The summed E-state index contributed by atoms with van der Waals surface area (Å²) >= 11 is 0. The van der Waals surface area contributed by atoms with E-state index in [1.807, 2.05) is 32.3 Å². The first-order valence-corrected chi connectivity index (χ1v) is 9.68. The zero-order chi connectivity index (χ0) is 17.2. The number of hydrogen-bond donors (Lipinski definition) is 1. The Morgan fingerprint density at radius 1 is 1.38 bits per heavy atom. The van der Waals surface area contributed by atoms with Crippen LogP contribution in [0.4, 0.5) is 0 Å². The van der Waals surface area contributed by atoms with Crippen LogP contribution in [0.1, 0.15) is 37.0 Å². The van der Waals surface area contributed by atoms with Crippen LogP contribution in [0.5, 0.6) is 0 Å². The van der Waals surface area contributed by atoms with Gasteiger partial charge in [0, 0.05) is 31.5 Å². The number of ether oxygens (including phenoxy) is 1. The molecule has 1 fully saturated rings. The zero-order valence-electron chi connectivity index (χ0n) is 14.0. The summed E-state index contributed by atoms with van der Waals surface area (Å²) in [5.74, 6) is 0. The normalized spacial score (nSPS) is 21.8. The Labute approximate surface area is 142 Å². The van der Waals surface area contributed by atoms with E-state index in [-0.39, 0.29) is 12.1 Å². The van der Waals surface area contributed by atoms with Crippen LogP contribution in [0.3, 0.4) is 0 Å². The highest BCUT2D eigenvalue weighted by Gasteiger charge is 2.29. The van der Waals surface area contributed by atoms with Crippen molar-refractivity contribution in [2.24, 2.45) is 7.05 Å². The molecule has 0 bridgehead atoms. The molecule has 0 amide bonds. The highest BCUT2D eigenvalue weighted by atomic mass is 32.2. The molecule has 7 heteroatoms. The third kappa shape index (κ3) is 3.68. The van der Waals surface area contributed by atoms with Gasteiger partial charge in [-0.15, -0.1) is 0 Å². The Morgan fingerprint density at radius 2 is 2.17 bits per heavy atom. The first-order chi connectivity index (χ1) is 11.5. The summed E-state index contributed by atoms with van der Waals surface area (Å²) < 4.78 is 35.9. The molecule has 1 aliphatic heterocycles. The van der Waals surface area contributed by atoms with Gasteiger partial charge in [0.15, 0.2) is 0 Å². The van der Waals surface area contributed by atoms with Crippen molar-refractivity contribution in [1.82, 2.24) is 14.5 Å². The van der Waals surface area contributed by atoms with E-state index >= 15 is 0 Å². The van der Waals surface area contributed by atoms with Gasteiger partial charge >= 0.3 is 0 Å². The van der Waals surface area contributed by atoms with Gasteiger partial charge in [0.2, 0.25) is 10.0 Å². The summed E-state index contributed by atoms with van der Waals surface area (Å²) in [5, 5.41) is 4.16. The van der Waals surface area contributed by atoms with E-state index < -0.39 is 10.0 Å². The van der Waals surface area contributed by atoms with Gasteiger partial charge in [-0.3, -0.25) is 4.68 Å². The van der Waals surface area contributed by atoms with Gasteiger partial charge in [0.05, 0.1) is 17.2 Å². The SMILES string of the molecule is CCc1ccccc1S(=O)(=O)N[C@H]1CCO[C@H](c2cnn(C)c2)C1. The number of nitrogens with zero attached hydrogens (tertiary/aromatic N) is 2. The molecule has 0 unspecified atom stereocenters. The topological polar surface area (TPSA) is 73.2 Å². The summed E-state index contributed by atoms with van der Waals surface area (Å²) in [4.78, 5) is 0.372. The van der Waals surface area contributed by atoms with Gasteiger partial charge in [-0.1, -0.05) is 25.1 Å². The van der Waals surface area contributed by atoms with E-state index in [2.05, 4.69) is 9.82 Å². The molecule has 0 radical (unpaired) electrons. The second-order valence-electron chi connectivity index (χ2n) is 6.11. The first-order valence-electron chi connectivity index (χ1n) is 8.20. The van der Waals surface area contributed by atoms with Crippen molar-refractivity contribution in [3.8, 4) is 0 Å². The van der Waals surface area contributed by atoms with Crippen LogP contribution in [0, 0.1) is 0 Å². The molecule has 0 spiro atoms. The lowest BCUT2D eigenvalue weighted by atomic mass is 10.0. The minimum Gasteiger partial charge on any atom is -0.373 e. The smallest absolute Gasteiger partial charge is 0.241 e. The molecule has 1 saturated heterocycles. The summed E-state index contributed by atoms with van der Waals surface area (Å²) in [5.41, 5.74) is 1.82. The van der Waals surface area contributed by atoms with Crippen LogP contribution in [0.25, 0.3) is 0 Å². The molecule has 3 rings (SSSR count). The zero-order valence-corrected chi connectivity index (χ0v) is 14.8. The van der Waals surface area contributed by atoms with Crippen molar-refractivity contribution in [3.05, 3.63) is 47.8 Å². The van der Waals surface area contributed by atoms with Crippen molar-refractivity contribution >= 4 is 10.0 Å². The van der Waals surface area contributed by atoms with E-state index in [9.17, 15) is 8.42 Å². The summed E-state index contributed by atoms with van der Waals surface area (Å²) in [6.07, 6.45) is 5.52. The summed E-state index contributed by atoms with van der Waals surface area (Å²) in [7, 11) is -1.67. The van der Waals surface area contributed by atoms with E-state index in [1.54, 1.807) is 23.0 Å². The number of benzene rings is 1. The monoisotopic (exact) mass is 349 g/mol. The van der Waals surface area contributed by atoms with Crippen LogP contribution in [0.2, 0.25) is 0 Å². The number of aryl methyl sites for hydroxylation is 2. The largest absolute Gasteiger partial charge is 0.373 e. The Bertz CT molecular complexity index is 801. The third-order valence-electron chi connectivity index (χ3n) is 4.35. The Balaban J connectivity index is 1.75. The second-order valence-corrected chi connectivity index (χ2v) is 7.79. The number of rotatable bonds is 5. The molecule has 0 aliphatic carbocycles. The van der Waals surface area contributed by atoms with Gasteiger partial charge in [-0.25, -0.2) is 13.1 Å². The summed E-state index contributed by atoms with van der Waals surface area (Å²) in [6.45, 7) is 2.49. The molecular weight excluding hydrogens is 326 g/mol. The predicted octanol–water partition coefficient (Wildman–Crippen LogP) is 2.18. The van der Waals surface area contributed by atoms with Gasteiger partial charge in [0.25, 0.3) is 0 Å². The molecule has 1 N–H and O–H groups in total. The maximum atomic E-state index is 12.8. The van der Waals surface area contributed by atoms with E-state index in [0.29, 0.717) is 30.8 Å². The van der Waals surface area contributed by atoms with E-state index in [0.717, 1.165) is 11.1 Å². The van der Waals surface area contributed by atoms with Gasteiger partial charge in [0.1, 0.15) is 0 Å². The lowest BCUT2D eigenvalue weighted by molar-refractivity contribution is 0.00400. The molecule has 130 valence electrons. The highest BCUT2D eigenvalue weighted by Crippen LogP contribution is 2.29. The lowest BCUT2D eigenvalue weighted by Crippen LogP contribution is -2.40. The summed E-state index contributed by atoms with van der Waals surface area (Å²) in [6, 6.07) is 7.01. The quantitative estimate of drug-likeness (QED) is 0.898. The first kappa shape index (κ1) is 17.1. The third-order valence-corrected chi connectivity index (χ3v) is 5.97. The molecule has 1 aromatic carbocycles. The lowest BCUT2D eigenvalue weighted by Gasteiger charge is -2.29. The average molecular weight is 349 g/mol. The Morgan fingerprint density at radius 3 is 2.88 bits per heavy atom. The average Bonchev–Trinajstić information content (AvgIpc) is 3.01. The van der Waals surface area contributed by atoms with E-state index in [4.69, 9.17) is 4.74 Å². The minimum absolute atomic E-state index is 0.124. The number of nitrogens with one attached hydrogen (secondary N) is 1. The van der Waals surface area contributed by atoms with E-state index in [1.165, 1.54) is 0 Å². The molecular formula is C17H23N3O3S. The van der Waals surface area contributed by atoms with Crippen molar-refractivity contribution in [2.75, 3.05) is 6.61 Å². The van der Waals surface area contributed by atoms with Crippen LogP contribution in [-0.4, -0.2) is 30.8 Å². The number of aromatic nitrogens is 2. The van der Waals surface area contributed by atoms with Crippen LogP contribution in [-0.2, 0) is 28.2 Å². The van der Waals surface area contributed by atoms with Gasteiger partial charge in [-0.2, -0.15) is 5.10 Å². The van der Waals surface area contributed by atoms with Crippen molar-refractivity contribution in [3.63, 3.8) is 0 Å². The molecule has 2 heterocycles. The molecule has 1 aromatic heterocycles. The van der Waals surface area contributed by atoms with Crippen LogP contribution in [0.15, 0.2) is 41.6 Å². The van der Waals surface area contributed by atoms with Crippen LogP contribution < -0.4 is 4.72 Å². The van der Waals surface area contributed by atoms with Gasteiger partial charge in [-0.05, 0) is 30.9 Å². The van der Waals surface area contributed by atoms with Crippen LogP contribution >= 0.6 is 0 Å². The van der Waals surface area contributed by atoms with Crippen molar-refractivity contribution in [2.45, 2.75) is 43.2 Å². The maximum Gasteiger partial charge on any atom is 0.241 e.